The third kappa shape index (κ3) is 3.10. The van der Waals surface area contributed by atoms with Gasteiger partial charge < -0.3 is 5.73 Å². The van der Waals surface area contributed by atoms with E-state index in [9.17, 15) is 10.1 Å². The smallest absolute Gasteiger partial charge is 0.269 e. The molecule has 0 aliphatic heterocycles. The molecule has 6 nitrogen and oxygen atoms in total. The van der Waals surface area contributed by atoms with Gasteiger partial charge in [-0.1, -0.05) is 11.6 Å². The lowest BCUT2D eigenvalue weighted by Gasteiger charge is -2.03. The molecule has 0 amide bonds. The Morgan fingerprint density at radius 1 is 1.20 bits per heavy atom. The molecule has 2 aromatic carbocycles. The van der Waals surface area contributed by atoms with Crippen LogP contribution in [0.1, 0.15) is 5.56 Å². The molecule has 20 heavy (non-hydrogen) atoms. The molecule has 0 fully saturated rings. The Balaban J connectivity index is 2.25. The zero-order valence-corrected chi connectivity index (χ0v) is 11.3. The van der Waals surface area contributed by atoms with Crippen LogP contribution >= 0.6 is 11.6 Å². The van der Waals surface area contributed by atoms with Crippen molar-refractivity contribution < 1.29 is 4.92 Å². The van der Waals surface area contributed by atoms with Crippen molar-refractivity contribution in [2.45, 2.75) is 6.92 Å². The van der Waals surface area contributed by atoms with E-state index in [1.807, 2.05) is 6.92 Å². The summed E-state index contributed by atoms with van der Waals surface area (Å²) in [7, 11) is 0. The van der Waals surface area contributed by atoms with Crippen LogP contribution in [0.25, 0.3) is 0 Å². The Bertz CT molecular complexity index is 684. The van der Waals surface area contributed by atoms with Crippen molar-refractivity contribution >= 4 is 34.4 Å². The number of aryl methyl sites for hydroxylation is 1. The molecule has 0 aliphatic carbocycles. The van der Waals surface area contributed by atoms with Gasteiger partial charge in [0.1, 0.15) is 0 Å². The quantitative estimate of drug-likeness (QED) is 0.389. The van der Waals surface area contributed by atoms with Crippen molar-refractivity contribution in [1.82, 2.24) is 0 Å². The van der Waals surface area contributed by atoms with Gasteiger partial charge in [0.2, 0.25) is 0 Å². The number of non-ortho nitro benzene ring substituents is 1. The summed E-state index contributed by atoms with van der Waals surface area (Å²) in [4.78, 5) is 10.1. The van der Waals surface area contributed by atoms with Gasteiger partial charge >= 0.3 is 0 Å². The molecule has 0 unspecified atom stereocenters. The Hall–Kier alpha value is -2.47. The minimum Gasteiger partial charge on any atom is -0.398 e. The van der Waals surface area contributed by atoms with Gasteiger partial charge in [0.15, 0.2) is 0 Å². The van der Waals surface area contributed by atoms with Crippen LogP contribution in [0, 0.1) is 17.0 Å². The minimum absolute atomic E-state index is 0.00987. The van der Waals surface area contributed by atoms with Gasteiger partial charge in [0, 0.05) is 12.1 Å². The molecule has 0 saturated carbocycles. The first-order valence-electron chi connectivity index (χ1n) is 5.69. The van der Waals surface area contributed by atoms with Crippen LogP contribution in [0.5, 0.6) is 0 Å². The van der Waals surface area contributed by atoms with E-state index in [1.54, 1.807) is 12.1 Å². The maximum Gasteiger partial charge on any atom is 0.269 e. The van der Waals surface area contributed by atoms with Crippen LogP contribution in [0.4, 0.5) is 22.7 Å². The Kier molecular flexibility index (Phi) is 3.95. The molecular weight excluding hydrogens is 280 g/mol. The van der Waals surface area contributed by atoms with Crippen molar-refractivity contribution in [3.8, 4) is 0 Å². The standard InChI is InChI=1S/C13H11ClN4O2/c1-8-6-12(15)11(14)7-13(8)17-16-9-2-4-10(5-3-9)18(19)20/h2-7H,15H2,1H3. The maximum absolute atomic E-state index is 10.5. The molecule has 0 spiro atoms. The normalized spacial score (nSPS) is 10.9. The molecule has 0 radical (unpaired) electrons. The largest absolute Gasteiger partial charge is 0.398 e. The fourth-order valence-electron chi connectivity index (χ4n) is 1.55. The first-order valence-corrected chi connectivity index (χ1v) is 6.07. The van der Waals surface area contributed by atoms with Crippen molar-refractivity contribution in [2.24, 2.45) is 10.2 Å². The van der Waals surface area contributed by atoms with Gasteiger partial charge in [-0.2, -0.15) is 10.2 Å². The molecule has 0 bridgehead atoms. The SMILES string of the molecule is Cc1cc(N)c(Cl)cc1N=Nc1ccc([N+](=O)[O-])cc1. The summed E-state index contributed by atoms with van der Waals surface area (Å²) in [5.74, 6) is 0. The number of hydrogen-bond donors (Lipinski definition) is 1. The number of nitro groups is 1. The first kappa shape index (κ1) is 14.0. The monoisotopic (exact) mass is 290 g/mol. The zero-order valence-electron chi connectivity index (χ0n) is 10.6. The number of nitrogens with two attached hydrogens (primary N) is 1. The summed E-state index contributed by atoms with van der Waals surface area (Å²) in [6.07, 6.45) is 0. The van der Waals surface area contributed by atoms with E-state index in [2.05, 4.69) is 10.2 Å². The topological polar surface area (TPSA) is 93.9 Å². The van der Waals surface area contributed by atoms with E-state index in [4.69, 9.17) is 17.3 Å². The lowest BCUT2D eigenvalue weighted by Crippen LogP contribution is -1.87. The first-order chi connectivity index (χ1) is 9.47. The molecule has 0 atom stereocenters. The highest BCUT2D eigenvalue weighted by atomic mass is 35.5. The van der Waals surface area contributed by atoms with E-state index in [-0.39, 0.29) is 5.69 Å². The van der Waals surface area contributed by atoms with Crippen molar-refractivity contribution in [3.63, 3.8) is 0 Å². The summed E-state index contributed by atoms with van der Waals surface area (Å²) in [5.41, 5.74) is 8.13. The molecule has 2 aromatic rings. The molecular formula is C13H11ClN4O2. The van der Waals surface area contributed by atoms with Gasteiger partial charge in [-0.25, -0.2) is 0 Å². The van der Waals surface area contributed by atoms with Crippen LogP contribution in [-0.4, -0.2) is 4.92 Å². The number of rotatable bonds is 3. The number of nitrogens with zero attached hydrogens (tertiary/aromatic N) is 3. The fraction of sp³-hybridized carbons (Fsp3) is 0.0769. The summed E-state index contributed by atoms with van der Waals surface area (Å²) in [5, 5.41) is 19.0. The highest BCUT2D eigenvalue weighted by molar-refractivity contribution is 6.33. The van der Waals surface area contributed by atoms with Gasteiger partial charge in [-0.05, 0) is 36.8 Å². The Morgan fingerprint density at radius 3 is 2.45 bits per heavy atom. The van der Waals surface area contributed by atoms with E-state index < -0.39 is 4.92 Å². The summed E-state index contributed by atoms with van der Waals surface area (Å²) >= 11 is 5.92. The number of halogens is 1. The highest BCUT2D eigenvalue weighted by Gasteiger charge is 2.04. The number of hydrogen-bond acceptors (Lipinski definition) is 5. The predicted octanol–water partition coefficient (Wildman–Crippen LogP) is 4.55. The van der Waals surface area contributed by atoms with Crippen LogP contribution in [0.15, 0.2) is 46.6 Å². The third-order valence-electron chi connectivity index (χ3n) is 2.65. The number of nitro benzene ring substituents is 1. The number of azo groups is 1. The van der Waals surface area contributed by atoms with E-state index >= 15 is 0 Å². The summed E-state index contributed by atoms with van der Waals surface area (Å²) in [6, 6.07) is 9.13. The van der Waals surface area contributed by atoms with Crippen LogP contribution in [0.3, 0.4) is 0 Å². The third-order valence-corrected chi connectivity index (χ3v) is 2.98. The zero-order chi connectivity index (χ0) is 14.7. The fourth-order valence-corrected chi connectivity index (χ4v) is 1.71. The Morgan fingerprint density at radius 2 is 1.85 bits per heavy atom. The molecule has 2 rings (SSSR count). The second-order valence-electron chi connectivity index (χ2n) is 4.13. The minimum atomic E-state index is -0.467. The average Bonchev–Trinajstić information content (AvgIpc) is 2.42. The van der Waals surface area contributed by atoms with Gasteiger partial charge in [0.25, 0.3) is 5.69 Å². The molecule has 2 N–H and O–H groups in total. The molecule has 102 valence electrons. The van der Waals surface area contributed by atoms with E-state index in [1.165, 1.54) is 24.3 Å². The van der Waals surface area contributed by atoms with Gasteiger partial charge in [-0.15, -0.1) is 0 Å². The number of nitrogen functional groups attached to an aromatic ring is 1. The van der Waals surface area contributed by atoms with Gasteiger partial charge in [0.05, 0.1) is 27.0 Å². The van der Waals surface area contributed by atoms with E-state index in [0.29, 0.717) is 22.1 Å². The van der Waals surface area contributed by atoms with Gasteiger partial charge in [-0.3, -0.25) is 10.1 Å². The summed E-state index contributed by atoms with van der Waals surface area (Å²) in [6.45, 7) is 1.84. The number of anilines is 1. The van der Waals surface area contributed by atoms with Crippen molar-refractivity contribution in [1.29, 1.82) is 0 Å². The van der Waals surface area contributed by atoms with Crippen molar-refractivity contribution in [3.05, 3.63) is 57.1 Å². The second kappa shape index (κ2) is 5.66. The lowest BCUT2D eigenvalue weighted by molar-refractivity contribution is -0.384. The molecule has 0 aliphatic rings. The Labute approximate surface area is 120 Å². The second-order valence-corrected chi connectivity index (χ2v) is 4.54. The molecule has 7 heteroatoms. The molecule has 0 saturated heterocycles. The van der Waals surface area contributed by atoms with Crippen LogP contribution < -0.4 is 5.73 Å². The molecule has 0 heterocycles. The van der Waals surface area contributed by atoms with Crippen LogP contribution in [-0.2, 0) is 0 Å². The maximum atomic E-state index is 10.5. The highest BCUT2D eigenvalue weighted by Crippen LogP contribution is 2.30. The van der Waals surface area contributed by atoms with Crippen LogP contribution in [0.2, 0.25) is 5.02 Å². The lowest BCUT2D eigenvalue weighted by atomic mass is 10.2. The van der Waals surface area contributed by atoms with Crippen molar-refractivity contribution in [2.75, 3.05) is 5.73 Å². The predicted molar refractivity (Wildman–Crippen MR) is 77.9 cm³/mol. The summed E-state index contributed by atoms with van der Waals surface area (Å²) < 4.78 is 0. The number of benzene rings is 2. The average molecular weight is 291 g/mol. The molecule has 0 aromatic heterocycles. The van der Waals surface area contributed by atoms with E-state index in [0.717, 1.165) is 5.56 Å².